The Hall–Kier alpha value is -4.17. The second-order valence-electron chi connectivity index (χ2n) is 8.76. The quantitative estimate of drug-likeness (QED) is 0.271. The lowest BCUT2D eigenvalue weighted by molar-refractivity contribution is 0.656. The highest BCUT2D eigenvalue weighted by Gasteiger charge is 2.18. The maximum absolute atomic E-state index is 6.14. The van der Waals surface area contributed by atoms with Gasteiger partial charge in [-0.3, -0.25) is 0 Å². The van der Waals surface area contributed by atoms with E-state index in [0.717, 1.165) is 40.1 Å². The molecular weight excluding hydrogens is 402 g/mol. The molecule has 2 aromatic heterocycles. The molecule has 0 aliphatic heterocycles. The molecule has 0 amide bonds. The first kappa shape index (κ1) is 18.4. The summed E-state index contributed by atoms with van der Waals surface area (Å²) in [6, 6.07) is 25.7. The summed E-state index contributed by atoms with van der Waals surface area (Å²) in [6.07, 6.45) is 13.3. The fraction of sp³-hybridized carbons (Fsp3) is 0.0645. The number of allylic oxidation sites excluding steroid dienone is 7. The van der Waals surface area contributed by atoms with E-state index in [4.69, 9.17) is 9.40 Å². The Morgan fingerprint density at radius 2 is 1.55 bits per heavy atom. The van der Waals surface area contributed by atoms with Crippen molar-refractivity contribution in [1.29, 1.82) is 0 Å². The second-order valence-corrected chi connectivity index (χ2v) is 8.76. The van der Waals surface area contributed by atoms with E-state index in [1.807, 2.05) is 12.1 Å². The number of pyridine rings is 1. The third-order valence-electron chi connectivity index (χ3n) is 6.80. The first-order valence-electron chi connectivity index (χ1n) is 11.4. The minimum atomic E-state index is 0.695. The molecule has 0 unspecified atom stereocenters. The molecule has 3 aromatic carbocycles. The van der Waals surface area contributed by atoms with Gasteiger partial charge in [-0.05, 0) is 76.6 Å². The summed E-state index contributed by atoms with van der Waals surface area (Å²) in [4.78, 5) is 4.77. The van der Waals surface area contributed by atoms with Gasteiger partial charge in [0.2, 0.25) is 5.71 Å². The van der Waals surface area contributed by atoms with Crippen LogP contribution in [-0.4, -0.2) is 4.98 Å². The molecule has 0 saturated heterocycles. The number of hydrogen-bond donors (Lipinski definition) is 0. The summed E-state index contributed by atoms with van der Waals surface area (Å²) in [5.74, 6) is 0. The van der Waals surface area contributed by atoms with Crippen LogP contribution in [0.15, 0.2) is 107 Å². The molecule has 0 atom stereocenters. The molecule has 2 aliphatic carbocycles. The first-order valence-corrected chi connectivity index (χ1v) is 11.4. The zero-order chi connectivity index (χ0) is 21.8. The Morgan fingerprint density at radius 1 is 0.727 bits per heavy atom. The van der Waals surface area contributed by atoms with Gasteiger partial charge in [0, 0.05) is 16.2 Å². The van der Waals surface area contributed by atoms with Gasteiger partial charge >= 0.3 is 0 Å². The molecule has 2 bridgehead atoms. The molecule has 5 aromatic rings. The Labute approximate surface area is 191 Å². The van der Waals surface area contributed by atoms with Gasteiger partial charge in [-0.1, -0.05) is 72.8 Å². The van der Waals surface area contributed by atoms with E-state index in [9.17, 15) is 0 Å². The fourth-order valence-corrected chi connectivity index (χ4v) is 5.13. The van der Waals surface area contributed by atoms with Crippen LogP contribution in [0.3, 0.4) is 0 Å². The van der Waals surface area contributed by atoms with Crippen LogP contribution in [-0.2, 0) is 0 Å². The van der Waals surface area contributed by atoms with Crippen molar-refractivity contribution < 1.29 is 4.42 Å². The van der Waals surface area contributed by atoms with Gasteiger partial charge in [0.25, 0.3) is 0 Å². The summed E-state index contributed by atoms with van der Waals surface area (Å²) >= 11 is 0. The van der Waals surface area contributed by atoms with E-state index < -0.39 is 0 Å². The van der Waals surface area contributed by atoms with E-state index in [1.54, 1.807) is 0 Å². The van der Waals surface area contributed by atoms with E-state index >= 15 is 0 Å². The zero-order valence-corrected chi connectivity index (χ0v) is 18.1. The number of nitrogens with zero attached hydrogens (tertiary/aromatic N) is 1. The van der Waals surface area contributed by atoms with Crippen LogP contribution in [0.1, 0.15) is 29.5 Å². The van der Waals surface area contributed by atoms with E-state index in [0.29, 0.717) is 5.71 Å². The molecule has 2 heterocycles. The Bertz CT molecular complexity index is 1710. The summed E-state index contributed by atoms with van der Waals surface area (Å²) in [6.45, 7) is 0. The van der Waals surface area contributed by atoms with Crippen molar-refractivity contribution in [2.75, 3.05) is 0 Å². The maximum Gasteiger partial charge on any atom is 0.227 e. The number of hydrogen-bond acceptors (Lipinski definition) is 2. The molecule has 2 heteroatoms. The van der Waals surface area contributed by atoms with Gasteiger partial charge in [-0.15, -0.1) is 0 Å². The van der Waals surface area contributed by atoms with Crippen molar-refractivity contribution in [2.45, 2.75) is 12.8 Å². The normalized spacial score (nSPS) is 15.5. The summed E-state index contributed by atoms with van der Waals surface area (Å²) < 4.78 is 6.14. The summed E-state index contributed by atoms with van der Waals surface area (Å²) in [5, 5.41) is 3.30. The number of aromatic nitrogens is 1. The molecule has 2 aliphatic rings. The van der Waals surface area contributed by atoms with Crippen molar-refractivity contribution in [3.05, 3.63) is 119 Å². The molecule has 2 nitrogen and oxygen atoms in total. The molecule has 0 fully saturated rings. The van der Waals surface area contributed by atoms with Crippen LogP contribution in [0.2, 0.25) is 0 Å². The predicted octanol–water partition coefficient (Wildman–Crippen LogP) is 8.35. The minimum Gasteiger partial charge on any atom is -0.438 e. The molecule has 0 spiro atoms. The lowest BCUT2D eigenvalue weighted by Crippen LogP contribution is -2.00. The summed E-state index contributed by atoms with van der Waals surface area (Å²) in [7, 11) is 0. The molecule has 0 radical (unpaired) electrons. The lowest BCUT2D eigenvalue weighted by Gasteiger charge is -2.21. The van der Waals surface area contributed by atoms with Crippen LogP contribution >= 0.6 is 0 Å². The highest BCUT2D eigenvalue weighted by molar-refractivity contribution is 6.09. The third-order valence-corrected chi connectivity index (χ3v) is 6.80. The van der Waals surface area contributed by atoms with E-state index in [-0.39, 0.29) is 0 Å². The second kappa shape index (κ2) is 7.18. The van der Waals surface area contributed by atoms with Gasteiger partial charge in [0.05, 0.1) is 5.52 Å². The maximum atomic E-state index is 6.14. The van der Waals surface area contributed by atoms with Crippen LogP contribution in [0.5, 0.6) is 0 Å². The standard InChI is InChI=1S/C31H21NO/c1-2-8-21-14-13-20(7-1)25-11-5-3-9-22(25)17-26(21)23-15-16-30-27(18-23)28-19-24-10-4-6-12-29(24)32-31(28)33-30/h1-12,15-19H,13-14H2. The van der Waals surface area contributed by atoms with Gasteiger partial charge in [-0.2, -0.15) is 0 Å². The van der Waals surface area contributed by atoms with Crippen molar-refractivity contribution in [2.24, 2.45) is 0 Å². The van der Waals surface area contributed by atoms with Gasteiger partial charge < -0.3 is 4.42 Å². The fourth-order valence-electron chi connectivity index (χ4n) is 5.13. The smallest absolute Gasteiger partial charge is 0.227 e. The molecular formula is C31H21NO. The molecule has 7 rings (SSSR count). The number of fused-ring (bicyclic) bond motifs is 9. The van der Waals surface area contributed by atoms with Gasteiger partial charge in [0.15, 0.2) is 0 Å². The first-order chi connectivity index (χ1) is 16.3. The average Bonchev–Trinajstić information content (AvgIpc) is 3.18. The molecule has 0 N–H and O–H groups in total. The van der Waals surface area contributed by atoms with Crippen LogP contribution in [0, 0.1) is 0 Å². The Kier molecular flexibility index (Phi) is 4.00. The summed E-state index contributed by atoms with van der Waals surface area (Å²) in [5.41, 5.74) is 10.4. The lowest BCUT2D eigenvalue weighted by atomic mass is 9.83. The third kappa shape index (κ3) is 2.99. The number of para-hydroxylation sites is 1. The highest BCUT2D eigenvalue weighted by Crippen LogP contribution is 2.39. The monoisotopic (exact) mass is 423 g/mol. The van der Waals surface area contributed by atoms with Gasteiger partial charge in [0.1, 0.15) is 5.58 Å². The topological polar surface area (TPSA) is 26.0 Å². The van der Waals surface area contributed by atoms with Crippen LogP contribution < -0.4 is 0 Å². The van der Waals surface area contributed by atoms with Crippen molar-refractivity contribution in [3.63, 3.8) is 0 Å². The molecule has 0 saturated carbocycles. The van der Waals surface area contributed by atoms with Crippen LogP contribution in [0.4, 0.5) is 0 Å². The van der Waals surface area contributed by atoms with Crippen molar-refractivity contribution >= 4 is 50.2 Å². The van der Waals surface area contributed by atoms with Crippen molar-refractivity contribution in [1.82, 2.24) is 4.98 Å². The largest absolute Gasteiger partial charge is 0.438 e. The van der Waals surface area contributed by atoms with Gasteiger partial charge in [-0.25, -0.2) is 4.98 Å². The number of furan rings is 1. The molecule has 33 heavy (non-hydrogen) atoms. The van der Waals surface area contributed by atoms with E-state index in [2.05, 4.69) is 91.0 Å². The zero-order valence-electron chi connectivity index (χ0n) is 18.1. The number of benzene rings is 3. The van der Waals surface area contributed by atoms with Crippen LogP contribution in [0.25, 0.3) is 50.2 Å². The minimum absolute atomic E-state index is 0.695. The predicted molar refractivity (Wildman–Crippen MR) is 138 cm³/mol. The van der Waals surface area contributed by atoms with Crippen molar-refractivity contribution in [3.8, 4) is 0 Å². The average molecular weight is 424 g/mol. The van der Waals surface area contributed by atoms with E-state index in [1.165, 1.54) is 33.4 Å². The Balaban J connectivity index is 1.48. The highest BCUT2D eigenvalue weighted by atomic mass is 16.3. The molecule has 156 valence electrons. The number of rotatable bonds is 1. The Morgan fingerprint density at radius 3 is 2.52 bits per heavy atom. The SMILES string of the molecule is C1=CC=C2CCC(=C1)C(c1ccc3oc4nc5ccccc5cc4c3c1)=Cc1ccccc12.